The van der Waals surface area contributed by atoms with Crippen LogP contribution in [0.4, 0.5) is 5.69 Å². The number of primary amides is 1. The van der Waals surface area contributed by atoms with Crippen molar-refractivity contribution in [3.05, 3.63) is 53.2 Å². The lowest BCUT2D eigenvalue weighted by molar-refractivity contribution is -0.0268. The summed E-state index contributed by atoms with van der Waals surface area (Å²) in [6.45, 7) is 3.37. The summed E-state index contributed by atoms with van der Waals surface area (Å²) in [6, 6.07) is 11.3. The maximum atomic E-state index is 12.2. The maximum absolute atomic E-state index is 12.2. The molecule has 1 amide bonds. The third-order valence-corrected chi connectivity index (χ3v) is 6.38. The van der Waals surface area contributed by atoms with E-state index in [9.17, 15) is 15.0 Å². The van der Waals surface area contributed by atoms with Crippen LogP contribution in [0.1, 0.15) is 35.5 Å². The molecule has 3 aromatic rings. The molecule has 1 aliphatic carbocycles. The van der Waals surface area contributed by atoms with Crippen molar-refractivity contribution >= 4 is 11.6 Å². The Morgan fingerprint density at radius 3 is 2.73 bits per heavy atom. The molecule has 5 rings (SSSR count). The molecule has 9 nitrogen and oxygen atoms in total. The minimum absolute atomic E-state index is 0.157. The Kier molecular flexibility index (Phi) is 5.02. The Hall–Kier alpha value is -3.56. The van der Waals surface area contributed by atoms with E-state index in [1.54, 1.807) is 10.7 Å². The Labute approximate surface area is 190 Å². The lowest BCUT2D eigenvalue weighted by Crippen LogP contribution is -2.46. The van der Waals surface area contributed by atoms with Crippen LogP contribution in [0.25, 0.3) is 16.9 Å². The number of aryl methyl sites for hydroxylation is 1. The first-order valence-electron chi connectivity index (χ1n) is 10.9. The summed E-state index contributed by atoms with van der Waals surface area (Å²) in [5.41, 5.74) is 9.31. The van der Waals surface area contributed by atoms with Gasteiger partial charge in [-0.3, -0.25) is 4.79 Å². The molecule has 0 saturated carbocycles. The fraction of sp³-hybridized carbons (Fsp3) is 0.333. The fourth-order valence-corrected chi connectivity index (χ4v) is 4.33. The molecule has 0 fully saturated rings. The monoisotopic (exact) mass is 450 g/mol. The number of hydrogen-bond acceptors (Lipinski definition) is 7. The van der Waals surface area contributed by atoms with Gasteiger partial charge in [0.05, 0.1) is 18.0 Å². The van der Waals surface area contributed by atoms with E-state index in [2.05, 4.69) is 10.4 Å². The number of fused-ring (bicyclic) bond motifs is 4. The average Bonchev–Trinajstić information content (AvgIpc) is 3.43. The number of benzene rings is 2. The first-order chi connectivity index (χ1) is 15.8. The van der Waals surface area contributed by atoms with Gasteiger partial charge in [-0.1, -0.05) is 19.9 Å². The van der Waals surface area contributed by atoms with Gasteiger partial charge in [0.1, 0.15) is 0 Å². The van der Waals surface area contributed by atoms with Crippen LogP contribution in [0.2, 0.25) is 0 Å². The zero-order valence-corrected chi connectivity index (χ0v) is 18.5. The van der Waals surface area contributed by atoms with Crippen molar-refractivity contribution < 1.29 is 24.5 Å². The van der Waals surface area contributed by atoms with Crippen LogP contribution < -0.4 is 20.5 Å². The first kappa shape index (κ1) is 21.3. The first-order valence-corrected chi connectivity index (χ1v) is 10.9. The number of carbonyl (C=O) groups is 1. The lowest BCUT2D eigenvalue weighted by Gasteiger charge is -2.32. The van der Waals surface area contributed by atoms with Crippen LogP contribution >= 0.6 is 0 Å². The number of nitrogens with two attached hydrogens (primary N) is 1. The highest BCUT2D eigenvalue weighted by atomic mass is 16.7. The second-order valence-electron chi connectivity index (χ2n) is 8.72. The Morgan fingerprint density at radius 2 is 2.00 bits per heavy atom. The molecule has 0 bridgehead atoms. The van der Waals surface area contributed by atoms with Crippen molar-refractivity contribution in [1.29, 1.82) is 0 Å². The van der Waals surface area contributed by atoms with Crippen LogP contribution in [0, 0.1) is 5.92 Å². The van der Waals surface area contributed by atoms with Gasteiger partial charge >= 0.3 is 0 Å². The molecule has 1 aliphatic heterocycles. The predicted octanol–water partition coefficient (Wildman–Crippen LogP) is 2.21. The van der Waals surface area contributed by atoms with Crippen LogP contribution in [-0.4, -0.2) is 45.0 Å². The molecular formula is C24H26N4O5. The normalized spacial score (nSPS) is 15.7. The van der Waals surface area contributed by atoms with Crippen molar-refractivity contribution in [3.63, 3.8) is 0 Å². The summed E-state index contributed by atoms with van der Waals surface area (Å²) in [5, 5.41) is 28.2. The number of carbonyl (C=O) groups excluding carboxylic acids is 1. The molecule has 0 saturated heterocycles. The maximum Gasteiger partial charge on any atom is 0.269 e. The topological polar surface area (TPSA) is 132 Å². The molecule has 0 spiro atoms. The summed E-state index contributed by atoms with van der Waals surface area (Å²) >= 11 is 0. The molecule has 5 N–H and O–H groups in total. The molecule has 1 atom stereocenters. The molecular weight excluding hydrogens is 424 g/mol. The average molecular weight is 450 g/mol. The van der Waals surface area contributed by atoms with Crippen LogP contribution in [0.3, 0.4) is 0 Å². The highest BCUT2D eigenvalue weighted by Gasteiger charge is 2.32. The van der Waals surface area contributed by atoms with Crippen molar-refractivity contribution in [2.75, 3.05) is 18.7 Å². The summed E-state index contributed by atoms with van der Waals surface area (Å²) < 4.78 is 12.6. The van der Waals surface area contributed by atoms with Crippen LogP contribution in [0.15, 0.2) is 36.4 Å². The van der Waals surface area contributed by atoms with Crippen molar-refractivity contribution in [1.82, 2.24) is 9.78 Å². The molecule has 1 unspecified atom stereocenters. The van der Waals surface area contributed by atoms with Gasteiger partial charge in [-0.25, -0.2) is 4.68 Å². The number of aliphatic hydroxyl groups excluding tert-OH is 1. The molecule has 33 heavy (non-hydrogen) atoms. The number of anilines is 1. The summed E-state index contributed by atoms with van der Waals surface area (Å²) in [5.74, 6) is 0.445. The Morgan fingerprint density at radius 1 is 1.21 bits per heavy atom. The van der Waals surface area contributed by atoms with Crippen molar-refractivity contribution in [3.8, 4) is 28.4 Å². The molecule has 9 heteroatoms. The second-order valence-corrected chi connectivity index (χ2v) is 8.72. The van der Waals surface area contributed by atoms with Crippen molar-refractivity contribution in [2.24, 2.45) is 11.7 Å². The van der Waals surface area contributed by atoms with Crippen LogP contribution in [-0.2, 0) is 12.8 Å². The lowest BCUT2D eigenvalue weighted by atomic mass is 9.88. The summed E-state index contributed by atoms with van der Waals surface area (Å²) in [6.07, 6.45) is 1.36. The van der Waals surface area contributed by atoms with Gasteiger partial charge in [0.25, 0.3) is 5.91 Å². The summed E-state index contributed by atoms with van der Waals surface area (Å²) in [4.78, 5) is 12.2. The third kappa shape index (κ3) is 3.49. The number of nitrogens with zero attached hydrogens (tertiary/aromatic N) is 2. The highest BCUT2D eigenvalue weighted by molar-refractivity contribution is 5.95. The van der Waals surface area contributed by atoms with E-state index in [0.717, 1.165) is 28.8 Å². The van der Waals surface area contributed by atoms with Gasteiger partial charge < -0.3 is 30.7 Å². The van der Waals surface area contributed by atoms with Crippen LogP contribution in [0.5, 0.6) is 11.5 Å². The van der Waals surface area contributed by atoms with E-state index in [0.29, 0.717) is 29.3 Å². The molecule has 2 heterocycles. The van der Waals surface area contributed by atoms with E-state index in [1.165, 1.54) is 0 Å². The Bertz CT molecular complexity index is 1250. The number of hydrogen-bond donors (Lipinski definition) is 4. The minimum atomic E-state index is -1.47. The standard InChI is InChI=1S/C24H26N4O5/c1-13(2)24(31,11-29)26-15-5-3-14-4-7-17-21(23(25)30)27-28(22(17)18(14)9-15)16-6-8-19-20(10-16)33-12-32-19/h3,5-6,8-10,13,26,29,31H,4,7,11-12H2,1-2H3,(H2,25,30). The molecule has 0 radical (unpaired) electrons. The number of aliphatic hydroxyl groups is 2. The smallest absolute Gasteiger partial charge is 0.269 e. The number of aromatic nitrogens is 2. The number of amides is 1. The molecule has 172 valence electrons. The van der Waals surface area contributed by atoms with Gasteiger partial charge in [0.15, 0.2) is 22.9 Å². The zero-order chi connectivity index (χ0) is 23.3. The molecule has 1 aromatic heterocycles. The third-order valence-electron chi connectivity index (χ3n) is 6.38. The number of ether oxygens (including phenoxy) is 2. The molecule has 2 aromatic carbocycles. The highest BCUT2D eigenvalue weighted by Crippen LogP contribution is 2.40. The van der Waals surface area contributed by atoms with E-state index >= 15 is 0 Å². The predicted molar refractivity (Wildman–Crippen MR) is 122 cm³/mol. The largest absolute Gasteiger partial charge is 0.454 e. The van der Waals surface area contributed by atoms with E-state index in [-0.39, 0.29) is 18.4 Å². The SMILES string of the molecule is CC(C)C(O)(CO)Nc1ccc2c(c1)-c1c(c(C(N)=O)nn1-c1ccc3c(c1)OCO3)CC2. The van der Waals surface area contributed by atoms with Gasteiger partial charge in [0.2, 0.25) is 6.79 Å². The fourth-order valence-electron chi connectivity index (χ4n) is 4.33. The van der Waals surface area contributed by atoms with Gasteiger partial charge in [-0.15, -0.1) is 0 Å². The minimum Gasteiger partial charge on any atom is -0.454 e. The zero-order valence-electron chi connectivity index (χ0n) is 18.5. The van der Waals surface area contributed by atoms with E-state index in [1.807, 2.05) is 44.2 Å². The summed E-state index contributed by atoms with van der Waals surface area (Å²) in [7, 11) is 0. The van der Waals surface area contributed by atoms with Gasteiger partial charge in [-0.2, -0.15) is 5.10 Å². The quantitative estimate of drug-likeness (QED) is 0.423. The second kappa shape index (κ2) is 7.79. The van der Waals surface area contributed by atoms with Crippen molar-refractivity contribution in [2.45, 2.75) is 32.4 Å². The van der Waals surface area contributed by atoms with E-state index < -0.39 is 18.2 Å². The Balaban J connectivity index is 1.66. The van der Waals surface area contributed by atoms with E-state index in [4.69, 9.17) is 15.2 Å². The molecule has 2 aliphatic rings. The van der Waals surface area contributed by atoms with Gasteiger partial charge in [0, 0.05) is 28.8 Å². The number of nitrogens with one attached hydrogen (secondary N) is 1. The number of rotatable bonds is 6. The van der Waals surface area contributed by atoms with Gasteiger partial charge in [-0.05, 0) is 42.7 Å².